The van der Waals surface area contributed by atoms with Crippen LogP contribution >= 0.6 is 23.5 Å². The number of amides is 1. The molecular formula is C11H20N2OS2. The van der Waals surface area contributed by atoms with Crippen LogP contribution in [0, 0.1) is 5.92 Å². The third-order valence-electron chi connectivity index (χ3n) is 3.16. The Bertz CT molecular complexity index is 254. The molecule has 2 unspecified atom stereocenters. The molecule has 0 spiro atoms. The van der Waals surface area contributed by atoms with Crippen molar-refractivity contribution in [3.8, 4) is 0 Å². The summed E-state index contributed by atoms with van der Waals surface area (Å²) in [5.74, 6) is 3.93. The average Bonchev–Trinajstić information content (AvgIpc) is 2.81. The standard InChI is InChI=1S/C11H20N2OS2/c1-8(2)10-5-13(3-4-16-10)11(14)9-6-15-7-12-9/h8-10,12H,3-7H2,1-2H3. The predicted octanol–water partition coefficient (Wildman–Crippen LogP) is 1.25. The lowest BCUT2D eigenvalue weighted by atomic mass is 10.1. The molecule has 3 nitrogen and oxygen atoms in total. The van der Waals surface area contributed by atoms with Gasteiger partial charge in [0.25, 0.3) is 0 Å². The van der Waals surface area contributed by atoms with Gasteiger partial charge in [0.2, 0.25) is 5.91 Å². The summed E-state index contributed by atoms with van der Waals surface area (Å²) in [6.07, 6.45) is 0. The van der Waals surface area contributed by atoms with Gasteiger partial charge in [-0.3, -0.25) is 10.1 Å². The summed E-state index contributed by atoms with van der Waals surface area (Å²) in [5.41, 5.74) is 0. The van der Waals surface area contributed by atoms with Crippen molar-refractivity contribution in [2.24, 2.45) is 5.92 Å². The minimum Gasteiger partial charge on any atom is -0.339 e. The maximum absolute atomic E-state index is 12.2. The number of nitrogens with one attached hydrogen (secondary N) is 1. The molecule has 2 rings (SSSR count). The highest BCUT2D eigenvalue weighted by molar-refractivity contribution is 8.00. The van der Waals surface area contributed by atoms with Crippen molar-refractivity contribution in [2.75, 3.05) is 30.5 Å². The molecule has 2 heterocycles. The lowest BCUT2D eigenvalue weighted by molar-refractivity contribution is -0.132. The van der Waals surface area contributed by atoms with Crippen LogP contribution in [0.2, 0.25) is 0 Å². The fraction of sp³-hybridized carbons (Fsp3) is 0.909. The van der Waals surface area contributed by atoms with Crippen LogP contribution in [0.1, 0.15) is 13.8 Å². The summed E-state index contributed by atoms with van der Waals surface area (Å²) in [6, 6.07) is 0.0703. The van der Waals surface area contributed by atoms with Crippen LogP contribution in [0.4, 0.5) is 0 Å². The summed E-state index contributed by atoms with van der Waals surface area (Å²) < 4.78 is 0. The fourth-order valence-electron chi connectivity index (χ4n) is 2.05. The van der Waals surface area contributed by atoms with E-state index < -0.39 is 0 Å². The van der Waals surface area contributed by atoms with Gasteiger partial charge in [0.05, 0.1) is 6.04 Å². The second kappa shape index (κ2) is 5.65. The Morgan fingerprint density at radius 3 is 2.94 bits per heavy atom. The Kier molecular flexibility index (Phi) is 4.44. The molecule has 1 N–H and O–H groups in total. The molecule has 0 bridgehead atoms. The van der Waals surface area contributed by atoms with Crippen molar-refractivity contribution in [1.82, 2.24) is 10.2 Å². The molecule has 0 saturated carbocycles. The molecule has 0 radical (unpaired) electrons. The number of hydrogen-bond donors (Lipinski definition) is 1. The van der Waals surface area contributed by atoms with E-state index in [0.29, 0.717) is 17.1 Å². The molecule has 0 aromatic rings. The van der Waals surface area contributed by atoms with Crippen molar-refractivity contribution < 1.29 is 4.79 Å². The maximum Gasteiger partial charge on any atom is 0.240 e. The van der Waals surface area contributed by atoms with Gasteiger partial charge in [-0.15, -0.1) is 11.8 Å². The number of nitrogens with zero attached hydrogens (tertiary/aromatic N) is 1. The van der Waals surface area contributed by atoms with E-state index in [1.54, 1.807) is 0 Å². The van der Waals surface area contributed by atoms with Crippen LogP contribution in [-0.2, 0) is 4.79 Å². The lowest BCUT2D eigenvalue weighted by Gasteiger charge is -2.35. The number of hydrogen-bond acceptors (Lipinski definition) is 4. The zero-order valence-electron chi connectivity index (χ0n) is 9.94. The van der Waals surface area contributed by atoms with Gasteiger partial charge in [0.15, 0.2) is 0 Å². The van der Waals surface area contributed by atoms with Crippen LogP contribution in [0.25, 0.3) is 0 Å². The van der Waals surface area contributed by atoms with Gasteiger partial charge in [-0.25, -0.2) is 0 Å². The average molecular weight is 260 g/mol. The van der Waals surface area contributed by atoms with Crippen LogP contribution in [-0.4, -0.2) is 52.6 Å². The molecule has 2 fully saturated rings. The normalized spacial score (nSPS) is 31.1. The molecule has 2 saturated heterocycles. The highest BCUT2D eigenvalue weighted by Gasteiger charge is 2.31. The molecule has 16 heavy (non-hydrogen) atoms. The Balaban J connectivity index is 1.90. The smallest absolute Gasteiger partial charge is 0.240 e. The van der Waals surface area contributed by atoms with Gasteiger partial charge in [0, 0.05) is 35.7 Å². The zero-order chi connectivity index (χ0) is 11.5. The largest absolute Gasteiger partial charge is 0.339 e. The van der Waals surface area contributed by atoms with E-state index in [4.69, 9.17) is 0 Å². The second-order valence-electron chi connectivity index (χ2n) is 4.71. The first kappa shape index (κ1) is 12.6. The lowest BCUT2D eigenvalue weighted by Crippen LogP contribution is -2.50. The first-order valence-corrected chi connectivity index (χ1v) is 8.10. The number of carbonyl (C=O) groups excluding carboxylic acids is 1. The molecule has 5 heteroatoms. The molecule has 1 amide bonds. The van der Waals surface area contributed by atoms with Crippen molar-refractivity contribution >= 4 is 29.4 Å². The topological polar surface area (TPSA) is 32.3 Å². The molecule has 92 valence electrons. The first-order valence-electron chi connectivity index (χ1n) is 5.90. The van der Waals surface area contributed by atoms with Crippen LogP contribution < -0.4 is 5.32 Å². The Labute approximate surface area is 106 Å². The van der Waals surface area contributed by atoms with Gasteiger partial charge in [-0.05, 0) is 5.92 Å². The van der Waals surface area contributed by atoms with E-state index in [2.05, 4.69) is 24.1 Å². The minimum absolute atomic E-state index is 0.0703. The summed E-state index contributed by atoms with van der Waals surface area (Å²) in [6.45, 7) is 6.35. The number of rotatable bonds is 2. The van der Waals surface area contributed by atoms with E-state index in [-0.39, 0.29) is 6.04 Å². The molecule has 2 aliphatic rings. The summed E-state index contributed by atoms with van der Waals surface area (Å²) in [4.78, 5) is 14.3. The van der Waals surface area contributed by atoms with Gasteiger partial charge < -0.3 is 4.90 Å². The second-order valence-corrected chi connectivity index (χ2v) is 7.09. The van der Waals surface area contributed by atoms with Crippen molar-refractivity contribution in [2.45, 2.75) is 25.1 Å². The first-order chi connectivity index (χ1) is 7.68. The zero-order valence-corrected chi connectivity index (χ0v) is 11.6. The molecular weight excluding hydrogens is 240 g/mol. The summed E-state index contributed by atoms with van der Waals surface area (Å²) in [7, 11) is 0. The van der Waals surface area contributed by atoms with Crippen molar-refractivity contribution in [1.29, 1.82) is 0 Å². The van der Waals surface area contributed by atoms with E-state index in [1.165, 1.54) is 0 Å². The third-order valence-corrected chi connectivity index (χ3v) is 5.64. The van der Waals surface area contributed by atoms with E-state index in [1.807, 2.05) is 23.5 Å². The maximum atomic E-state index is 12.2. The van der Waals surface area contributed by atoms with Crippen molar-refractivity contribution in [3.05, 3.63) is 0 Å². The molecule has 0 aromatic carbocycles. The van der Waals surface area contributed by atoms with Crippen LogP contribution in [0.5, 0.6) is 0 Å². The summed E-state index contributed by atoms with van der Waals surface area (Å²) in [5, 5.41) is 3.88. The summed E-state index contributed by atoms with van der Waals surface area (Å²) >= 11 is 3.83. The number of thioether (sulfide) groups is 2. The van der Waals surface area contributed by atoms with E-state index >= 15 is 0 Å². The predicted molar refractivity (Wildman–Crippen MR) is 71.9 cm³/mol. The Hall–Kier alpha value is 0.130. The van der Waals surface area contributed by atoms with Crippen LogP contribution in [0.15, 0.2) is 0 Å². The van der Waals surface area contributed by atoms with E-state index in [9.17, 15) is 4.79 Å². The molecule has 0 aromatic heterocycles. The molecule has 2 aliphatic heterocycles. The van der Waals surface area contributed by atoms with Gasteiger partial charge in [-0.1, -0.05) is 13.8 Å². The van der Waals surface area contributed by atoms with Gasteiger partial charge in [-0.2, -0.15) is 11.8 Å². The monoisotopic (exact) mass is 260 g/mol. The number of carbonyl (C=O) groups is 1. The fourth-order valence-corrected chi connectivity index (χ4v) is 4.28. The highest BCUT2D eigenvalue weighted by atomic mass is 32.2. The molecule has 2 atom stereocenters. The van der Waals surface area contributed by atoms with Crippen LogP contribution in [0.3, 0.4) is 0 Å². The van der Waals surface area contributed by atoms with Gasteiger partial charge in [0.1, 0.15) is 0 Å². The Morgan fingerprint density at radius 2 is 2.31 bits per heavy atom. The quantitative estimate of drug-likeness (QED) is 0.810. The highest BCUT2D eigenvalue weighted by Crippen LogP contribution is 2.25. The SMILES string of the molecule is CC(C)C1CN(C(=O)C2CSCN2)CCS1. The minimum atomic E-state index is 0.0703. The third kappa shape index (κ3) is 2.87. The molecule has 0 aliphatic carbocycles. The van der Waals surface area contributed by atoms with Crippen molar-refractivity contribution in [3.63, 3.8) is 0 Å². The Morgan fingerprint density at radius 1 is 1.50 bits per heavy atom. The van der Waals surface area contributed by atoms with Gasteiger partial charge >= 0.3 is 0 Å². The van der Waals surface area contributed by atoms with E-state index in [0.717, 1.165) is 30.5 Å².